The summed E-state index contributed by atoms with van der Waals surface area (Å²) in [5.74, 6) is 1.65. The highest BCUT2D eigenvalue weighted by Gasteiger charge is 2.35. The zero-order valence-electron chi connectivity index (χ0n) is 15.5. The Kier molecular flexibility index (Phi) is 6.14. The van der Waals surface area contributed by atoms with Crippen molar-refractivity contribution in [2.45, 2.75) is 44.6 Å². The summed E-state index contributed by atoms with van der Waals surface area (Å²) in [7, 11) is 1.88. The van der Waals surface area contributed by atoms with Gasteiger partial charge in [-0.25, -0.2) is 9.98 Å². The quantitative estimate of drug-likeness (QED) is 0.602. The van der Waals surface area contributed by atoms with E-state index in [4.69, 9.17) is 11.6 Å². The van der Waals surface area contributed by atoms with Crippen LogP contribution in [0.1, 0.15) is 44.0 Å². The number of rotatable bonds is 6. The summed E-state index contributed by atoms with van der Waals surface area (Å²) in [5.41, 5.74) is 1.44. The largest absolute Gasteiger partial charge is 0.357 e. The van der Waals surface area contributed by atoms with Crippen LogP contribution >= 0.6 is 11.6 Å². The van der Waals surface area contributed by atoms with Crippen molar-refractivity contribution in [1.29, 1.82) is 0 Å². The minimum Gasteiger partial charge on any atom is -0.357 e. The summed E-state index contributed by atoms with van der Waals surface area (Å²) in [4.78, 5) is 8.90. The Morgan fingerprint density at radius 1 is 1.31 bits per heavy atom. The number of nitrogens with zero attached hydrogens (tertiary/aromatic N) is 4. The molecule has 7 heteroatoms. The van der Waals surface area contributed by atoms with Gasteiger partial charge >= 0.3 is 0 Å². The molecule has 0 saturated heterocycles. The monoisotopic (exact) mass is 374 g/mol. The van der Waals surface area contributed by atoms with Crippen LogP contribution in [-0.4, -0.2) is 33.8 Å². The maximum atomic E-state index is 6.25. The molecule has 0 bridgehead atoms. The van der Waals surface area contributed by atoms with E-state index < -0.39 is 0 Å². The highest BCUT2D eigenvalue weighted by molar-refractivity contribution is 6.30. The van der Waals surface area contributed by atoms with Crippen molar-refractivity contribution in [3.05, 3.63) is 47.0 Å². The Hall–Kier alpha value is -2.08. The molecule has 1 aliphatic rings. The van der Waals surface area contributed by atoms with Gasteiger partial charge in [-0.05, 0) is 37.5 Å². The summed E-state index contributed by atoms with van der Waals surface area (Å²) in [6, 6.07) is 8.29. The van der Waals surface area contributed by atoms with Crippen molar-refractivity contribution >= 4 is 17.6 Å². The van der Waals surface area contributed by atoms with Gasteiger partial charge in [-0.15, -0.1) is 0 Å². The van der Waals surface area contributed by atoms with Gasteiger partial charge in [0.1, 0.15) is 18.7 Å². The average molecular weight is 375 g/mol. The van der Waals surface area contributed by atoms with Crippen LogP contribution in [0, 0.1) is 0 Å². The first-order chi connectivity index (χ1) is 12.6. The lowest BCUT2D eigenvalue weighted by molar-refractivity contribution is 0.431. The number of aromatic nitrogens is 3. The van der Waals surface area contributed by atoms with E-state index in [-0.39, 0.29) is 5.41 Å². The van der Waals surface area contributed by atoms with E-state index in [0.29, 0.717) is 6.54 Å². The zero-order chi connectivity index (χ0) is 18.4. The molecular weight excluding hydrogens is 348 g/mol. The van der Waals surface area contributed by atoms with Gasteiger partial charge in [0.2, 0.25) is 0 Å². The number of halogens is 1. The molecule has 1 fully saturated rings. The molecule has 26 heavy (non-hydrogen) atoms. The van der Waals surface area contributed by atoms with Gasteiger partial charge in [0, 0.05) is 30.6 Å². The Morgan fingerprint density at radius 3 is 2.77 bits per heavy atom. The van der Waals surface area contributed by atoms with Crippen LogP contribution in [0.4, 0.5) is 0 Å². The van der Waals surface area contributed by atoms with Crippen LogP contribution in [0.25, 0.3) is 0 Å². The Morgan fingerprint density at radius 2 is 2.12 bits per heavy atom. The van der Waals surface area contributed by atoms with Crippen LogP contribution in [-0.2, 0) is 19.0 Å². The highest BCUT2D eigenvalue weighted by Crippen LogP contribution is 2.41. The molecule has 1 heterocycles. The molecule has 0 atom stereocenters. The van der Waals surface area contributed by atoms with E-state index in [9.17, 15) is 0 Å². The molecule has 1 aliphatic carbocycles. The predicted molar refractivity (Wildman–Crippen MR) is 105 cm³/mol. The molecule has 140 valence electrons. The summed E-state index contributed by atoms with van der Waals surface area (Å²) in [6.07, 6.45) is 6.39. The zero-order valence-corrected chi connectivity index (χ0v) is 16.3. The Labute approximate surface area is 160 Å². The molecule has 2 aromatic rings. The lowest BCUT2D eigenvalue weighted by Gasteiger charge is -2.31. The van der Waals surface area contributed by atoms with Crippen molar-refractivity contribution in [2.75, 3.05) is 13.1 Å². The minimum atomic E-state index is 0.117. The molecule has 0 unspecified atom stereocenters. The predicted octanol–water partition coefficient (Wildman–Crippen LogP) is 3.04. The van der Waals surface area contributed by atoms with Crippen LogP contribution in [0.3, 0.4) is 0 Å². The van der Waals surface area contributed by atoms with Gasteiger partial charge in [-0.3, -0.25) is 4.68 Å². The van der Waals surface area contributed by atoms with Crippen LogP contribution in [0.5, 0.6) is 0 Å². The van der Waals surface area contributed by atoms with Gasteiger partial charge in [0.05, 0.1) is 0 Å². The molecule has 0 aliphatic heterocycles. The fourth-order valence-corrected chi connectivity index (χ4v) is 3.84. The van der Waals surface area contributed by atoms with E-state index in [1.165, 1.54) is 31.2 Å². The molecule has 1 saturated carbocycles. The SMILES string of the molecule is CCNC(=NCc1ncnn1C)NCC1(c2cccc(Cl)c2)CCCC1. The topological polar surface area (TPSA) is 67.1 Å². The van der Waals surface area contributed by atoms with Crippen LogP contribution in [0.15, 0.2) is 35.6 Å². The van der Waals surface area contributed by atoms with Crippen molar-refractivity contribution in [2.24, 2.45) is 12.0 Å². The van der Waals surface area contributed by atoms with Gasteiger partial charge in [-0.2, -0.15) is 5.10 Å². The maximum Gasteiger partial charge on any atom is 0.191 e. The molecule has 1 aromatic carbocycles. The van der Waals surface area contributed by atoms with Gasteiger partial charge in [0.15, 0.2) is 5.96 Å². The Balaban J connectivity index is 1.72. The number of hydrogen-bond donors (Lipinski definition) is 2. The summed E-state index contributed by atoms with van der Waals surface area (Å²) in [6.45, 7) is 4.23. The normalized spacial score (nSPS) is 16.7. The van der Waals surface area contributed by atoms with Crippen molar-refractivity contribution in [3.63, 3.8) is 0 Å². The number of aliphatic imine (C=N–C) groups is 1. The Bertz CT molecular complexity index is 748. The van der Waals surface area contributed by atoms with Gasteiger partial charge in [-0.1, -0.05) is 36.6 Å². The van der Waals surface area contributed by atoms with Crippen LogP contribution < -0.4 is 10.6 Å². The standard InChI is InChI=1S/C19H27ClN6/c1-3-21-18(22-12-17-24-14-25-26(17)2)23-13-19(9-4-5-10-19)15-7-6-8-16(20)11-15/h6-8,11,14H,3-5,9-10,12-13H2,1-2H3,(H2,21,22,23). The first kappa shape index (κ1) is 18.7. The number of benzene rings is 1. The summed E-state index contributed by atoms with van der Waals surface area (Å²) in [5, 5.41) is 11.8. The van der Waals surface area contributed by atoms with Gasteiger partial charge < -0.3 is 10.6 Å². The molecular formula is C19H27ClN6. The molecule has 1 aromatic heterocycles. The molecule has 3 rings (SSSR count). The molecule has 0 radical (unpaired) electrons. The maximum absolute atomic E-state index is 6.25. The second-order valence-electron chi connectivity index (χ2n) is 6.85. The van der Waals surface area contributed by atoms with Crippen LogP contribution in [0.2, 0.25) is 5.02 Å². The minimum absolute atomic E-state index is 0.117. The number of aryl methyl sites for hydroxylation is 1. The van der Waals surface area contributed by atoms with E-state index >= 15 is 0 Å². The second kappa shape index (κ2) is 8.54. The first-order valence-electron chi connectivity index (χ1n) is 9.24. The second-order valence-corrected chi connectivity index (χ2v) is 7.28. The average Bonchev–Trinajstić information content (AvgIpc) is 3.27. The lowest BCUT2D eigenvalue weighted by Crippen LogP contribution is -2.44. The van der Waals surface area contributed by atoms with E-state index in [0.717, 1.165) is 29.9 Å². The molecule has 0 amide bonds. The third-order valence-electron chi connectivity index (χ3n) is 5.12. The molecule has 2 N–H and O–H groups in total. The van der Waals surface area contributed by atoms with Crippen molar-refractivity contribution in [1.82, 2.24) is 25.4 Å². The third-order valence-corrected chi connectivity index (χ3v) is 5.35. The summed E-state index contributed by atoms with van der Waals surface area (Å²) < 4.78 is 1.75. The molecule has 0 spiro atoms. The van der Waals surface area contributed by atoms with Gasteiger partial charge in [0.25, 0.3) is 0 Å². The lowest BCUT2D eigenvalue weighted by atomic mass is 9.79. The van der Waals surface area contributed by atoms with Crippen molar-refractivity contribution in [3.8, 4) is 0 Å². The number of nitrogens with one attached hydrogen (secondary N) is 2. The fourth-order valence-electron chi connectivity index (χ4n) is 3.65. The van der Waals surface area contributed by atoms with E-state index in [2.05, 4.69) is 44.8 Å². The molecule has 6 nitrogen and oxygen atoms in total. The van der Waals surface area contributed by atoms with E-state index in [1.807, 2.05) is 19.2 Å². The third kappa shape index (κ3) is 4.36. The smallest absolute Gasteiger partial charge is 0.191 e. The highest BCUT2D eigenvalue weighted by atomic mass is 35.5. The van der Waals surface area contributed by atoms with E-state index in [1.54, 1.807) is 11.0 Å². The first-order valence-corrected chi connectivity index (χ1v) is 9.62. The van der Waals surface area contributed by atoms with Crippen molar-refractivity contribution < 1.29 is 0 Å². The number of guanidine groups is 1. The fraction of sp³-hybridized carbons (Fsp3) is 0.526. The number of hydrogen-bond acceptors (Lipinski definition) is 3. The summed E-state index contributed by atoms with van der Waals surface area (Å²) >= 11 is 6.25.